The third-order valence-corrected chi connectivity index (χ3v) is 7.91. The quantitative estimate of drug-likeness (QED) is 0.295. The van der Waals surface area contributed by atoms with E-state index in [1.165, 1.54) is 17.3 Å². The fraction of sp³-hybridized carbons (Fsp3) is 0.536. The number of hydrogen-bond acceptors (Lipinski definition) is 6. The highest BCUT2D eigenvalue weighted by molar-refractivity contribution is 7.80. The Bertz CT molecular complexity index is 1120. The van der Waals surface area contributed by atoms with Gasteiger partial charge in [-0.25, -0.2) is 0 Å². The second kappa shape index (κ2) is 12.0. The van der Waals surface area contributed by atoms with Crippen LogP contribution in [0.2, 0.25) is 0 Å². The minimum Gasteiger partial charge on any atom is -0.382 e. The summed E-state index contributed by atoms with van der Waals surface area (Å²) in [5.41, 5.74) is 1.19. The molecule has 2 aliphatic rings. The molecule has 0 amide bonds. The predicted octanol–water partition coefficient (Wildman–Crippen LogP) is 7.08. The highest BCUT2D eigenvalue weighted by Crippen LogP contribution is 2.38. The molecule has 2 atom stereocenters. The van der Waals surface area contributed by atoms with Crippen LogP contribution in [0.15, 0.2) is 47.6 Å². The molecule has 6 nitrogen and oxygen atoms in total. The number of alkyl halides is 3. The summed E-state index contributed by atoms with van der Waals surface area (Å²) >= 11 is 5.77. The minimum absolute atomic E-state index is 0.0358. The van der Waals surface area contributed by atoms with Crippen molar-refractivity contribution >= 4 is 34.3 Å². The monoisotopic (exact) mass is 548 g/mol. The molecule has 0 radical (unpaired) electrons. The molecule has 1 saturated carbocycles. The van der Waals surface area contributed by atoms with Crippen LogP contribution >= 0.6 is 12.2 Å². The van der Waals surface area contributed by atoms with Crippen LogP contribution in [0.1, 0.15) is 50.7 Å². The second-order valence-electron chi connectivity index (χ2n) is 10.5. The van der Waals surface area contributed by atoms with Crippen LogP contribution in [-0.4, -0.2) is 53.8 Å². The smallest absolute Gasteiger partial charge is 0.382 e. The number of thiocarbonyl (C=S) groups is 1. The van der Waals surface area contributed by atoms with Crippen molar-refractivity contribution in [1.82, 2.24) is 4.90 Å². The molecular formula is C28H35F3N4O2S. The largest absolute Gasteiger partial charge is 0.418 e. The fourth-order valence-electron chi connectivity index (χ4n) is 5.38. The van der Waals surface area contributed by atoms with Crippen molar-refractivity contribution in [3.8, 4) is 0 Å². The van der Waals surface area contributed by atoms with Gasteiger partial charge in [-0.15, -0.1) is 4.91 Å². The Hall–Kier alpha value is -2.72. The van der Waals surface area contributed by atoms with E-state index in [0.29, 0.717) is 18.3 Å². The van der Waals surface area contributed by atoms with Crippen LogP contribution < -0.4 is 10.2 Å². The molecule has 0 spiro atoms. The summed E-state index contributed by atoms with van der Waals surface area (Å²) in [4.78, 5) is 16.3. The molecule has 10 heteroatoms. The number of halogens is 3. The molecule has 206 valence electrons. The molecule has 1 aliphatic heterocycles. The standard InChI is InChI=1S/C28H35F3N4O2S/c1-18-4-9-23(10-5-18)34-15-20(3)35(16-19(34)2)27(38)17-37-24-11-6-21(7-12-24)32-22-8-13-26(33-36)25(14-22)28(29,30)31/h4-5,8-10,13-14,19-21,24,32H,6-7,11-12,15-17H2,1-3H3/t19-,20+,21?,24?/m1/s1. The van der Waals surface area contributed by atoms with Gasteiger partial charge in [0.2, 0.25) is 0 Å². The maximum absolute atomic E-state index is 13.2. The van der Waals surface area contributed by atoms with Gasteiger partial charge in [-0.3, -0.25) is 0 Å². The zero-order valence-electron chi connectivity index (χ0n) is 22.0. The third-order valence-electron chi connectivity index (χ3n) is 7.56. The number of benzene rings is 2. The highest BCUT2D eigenvalue weighted by Gasteiger charge is 2.35. The summed E-state index contributed by atoms with van der Waals surface area (Å²) in [6.07, 6.45) is -1.42. The molecule has 2 aromatic carbocycles. The van der Waals surface area contributed by atoms with Crippen LogP contribution in [-0.2, 0) is 10.9 Å². The molecule has 1 heterocycles. The predicted molar refractivity (Wildman–Crippen MR) is 149 cm³/mol. The molecule has 2 fully saturated rings. The Morgan fingerprint density at radius 1 is 1.05 bits per heavy atom. The molecule has 2 aromatic rings. The minimum atomic E-state index is -4.63. The van der Waals surface area contributed by atoms with Crippen molar-refractivity contribution in [2.24, 2.45) is 5.18 Å². The number of nitroso groups, excluding NO2 is 1. The molecule has 1 N–H and O–H groups in total. The molecule has 0 aromatic heterocycles. The van der Waals surface area contributed by atoms with E-state index in [0.717, 1.165) is 55.9 Å². The van der Waals surface area contributed by atoms with Gasteiger partial charge >= 0.3 is 6.18 Å². The van der Waals surface area contributed by atoms with Crippen molar-refractivity contribution < 1.29 is 17.9 Å². The Kier molecular flexibility index (Phi) is 8.92. The van der Waals surface area contributed by atoms with Crippen molar-refractivity contribution in [3.63, 3.8) is 0 Å². The summed E-state index contributed by atoms with van der Waals surface area (Å²) in [5.74, 6) is 0. The Morgan fingerprint density at radius 3 is 2.37 bits per heavy atom. The zero-order valence-corrected chi connectivity index (χ0v) is 22.8. The van der Waals surface area contributed by atoms with Crippen LogP contribution in [0.3, 0.4) is 0 Å². The number of anilines is 2. The van der Waals surface area contributed by atoms with Gasteiger partial charge in [0.25, 0.3) is 0 Å². The molecular weight excluding hydrogens is 513 g/mol. The number of aryl methyl sites for hydroxylation is 1. The van der Waals surface area contributed by atoms with E-state index in [1.54, 1.807) is 0 Å². The van der Waals surface area contributed by atoms with E-state index in [4.69, 9.17) is 17.0 Å². The number of hydrogen-bond donors (Lipinski definition) is 1. The van der Waals surface area contributed by atoms with Gasteiger partial charge < -0.3 is 19.9 Å². The summed E-state index contributed by atoms with van der Waals surface area (Å²) in [6.45, 7) is 8.63. The fourth-order valence-corrected chi connectivity index (χ4v) is 5.71. The van der Waals surface area contributed by atoms with E-state index < -0.39 is 17.4 Å². The zero-order chi connectivity index (χ0) is 27.4. The number of rotatable bonds is 7. The van der Waals surface area contributed by atoms with Gasteiger partial charge in [0.15, 0.2) is 0 Å². The average Bonchev–Trinajstić information content (AvgIpc) is 2.89. The Morgan fingerprint density at radius 2 is 1.74 bits per heavy atom. The van der Waals surface area contributed by atoms with E-state index >= 15 is 0 Å². The van der Waals surface area contributed by atoms with E-state index in [9.17, 15) is 18.1 Å². The number of nitrogens with zero attached hydrogens (tertiary/aromatic N) is 3. The average molecular weight is 549 g/mol. The first-order valence-electron chi connectivity index (χ1n) is 13.1. The Balaban J connectivity index is 1.24. The van der Waals surface area contributed by atoms with Gasteiger partial charge in [0, 0.05) is 42.6 Å². The van der Waals surface area contributed by atoms with Crippen LogP contribution in [0, 0.1) is 11.8 Å². The van der Waals surface area contributed by atoms with Gasteiger partial charge in [0.1, 0.15) is 10.7 Å². The first-order chi connectivity index (χ1) is 18.0. The van der Waals surface area contributed by atoms with Gasteiger partial charge in [0.05, 0.1) is 18.3 Å². The van der Waals surface area contributed by atoms with Crippen molar-refractivity contribution in [2.45, 2.75) is 76.9 Å². The normalized spacial score (nSPS) is 24.3. The van der Waals surface area contributed by atoms with E-state index in [-0.39, 0.29) is 18.2 Å². The first kappa shape index (κ1) is 28.3. The van der Waals surface area contributed by atoms with Gasteiger partial charge in [-0.1, -0.05) is 29.9 Å². The topological polar surface area (TPSA) is 57.2 Å². The second-order valence-corrected chi connectivity index (χ2v) is 11.0. The number of piperazine rings is 1. The van der Waals surface area contributed by atoms with Crippen LogP contribution in [0.5, 0.6) is 0 Å². The lowest BCUT2D eigenvalue weighted by Crippen LogP contribution is -2.58. The summed E-state index contributed by atoms with van der Waals surface area (Å²) < 4.78 is 45.9. The lowest BCUT2D eigenvalue weighted by molar-refractivity contribution is -0.137. The highest BCUT2D eigenvalue weighted by atomic mass is 32.1. The lowest BCUT2D eigenvalue weighted by atomic mass is 9.92. The van der Waals surface area contributed by atoms with Crippen molar-refractivity contribution in [3.05, 3.63) is 58.5 Å². The van der Waals surface area contributed by atoms with Crippen molar-refractivity contribution in [2.75, 3.05) is 29.9 Å². The maximum atomic E-state index is 13.2. The Labute approximate surface area is 227 Å². The van der Waals surface area contributed by atoms with Crippen molar-refractivity contribution in [1.29, 1.82) is 0 Å². The summed E-state index contributed by atoms with van der Waals surface area (Å²) in [6, 6.07) is 12.8. The molecule has 38 heavy (non-hydrogen) atoms. The van der Waals surface area contributed by atoms with Crippen LogP contribution in [0.4, 0.5) is 30.2 Å². The number of nitrogens with one attached hydrogen (secondary N) is 1. The van der Waals surface area contributed by atoms with E-state index in [1.807, 2.05) is 0 Å². The van der Waals surface area contributed by atoms with E-state index in [2.05, 4.69) is 65.3 Å². The summed E-state index contributed by atoms with van der Waals surface area (Å²) in [5, 5.41) is 5.68. The lowest BCUT2D eigenvalue weighted by Gasteiger charge is -2.46. The molecule has 1 saturated heterocycles. The first-order valence-corrected chi connectivity index (χ1v) is 13.5. The number of ether oxygens (including phenoxy) is 1. The van der Waals surface area contributed by atoms with Gasteiger partial charge in [-0.2, -0.15) is 13.2 Å². The third kappa shape index (κ3) is 6.83. The SMILES string of the molecule is Cc1ccc(N2C[C@H](C)N(C(=S)COC3CCC(Nc4ccc(N=O)c(C(F)(F)F)c4)CC3)C[C@H]2C)cc1. The molecule has 0 bridgehead atoms. The maximum Gasteiger partial charge on any atom is 0.418 e. The molecule has 4 rings (SSSR count). The van der Waals surface area contributed by atoms with Gasteiger partial charge in [-0.05, 0) is 82.0 Å². The molecule has 1 aliphatic carbocycles. The van der Waals surface area contributed by atoms with Crippen LogP contribution in [0.25, 0.3) is 0 Å². The molecule has 0 unspecified atom stereocenters. The summed E-state index contributed by atoms with van der Waals surface area (Å²) in [7, 11) is 0.